The van der Waals surface area contributed by atoms with Crippen molar-refractivity contribution in [2.75, 3.05) is 20.8 Å². The average Bonchev–Trinajstić information content (AvgIpc) is 3.10. The quantitative estimate of drug-likeness (QED) is 0.580. The molecule has 2 heterocycles. The van der Waals surface area contributed by atoms with Crippen LogP contribution in [0.4, 0.5) is 4.39 Å². The summed E-state index contributed by atoms with van der Waals surface area (Å²) in [6.45, 7) is 3.27. The number of aromatic nitrogens is 4. The molecular weight excluding hydrogens is 381 g/mol. The summed E-state index contributed by atoms with van der Waals surface area (Å²) in [7, 11) is 2.90. The van der Waals surface area contributed by atoms with Crippen LogP contribution < -0.4 is 4.74 Å². The minimum absolute atomic E-state index is 0.122. The molecule has 2 aromatic heterocycles. The summed E-state index contributed by atoms with van der Waals surface area (Å²) >= 11 is 0. The first-order valence-electron chi connectivity index (χ1n) is 8.73. The summed E-state index contributed by atoms with van der Waals surface area (Å²) in [5, 5.41) is 4.06. The number of aryl methyl sites for hydroxylation is 2. The highest BCUT2D eigenvalue weighted by atomic mass is 19.1. The van der Waals surface area contributed by atoms with E-state index in [-0.39, 0.29) is 23.9 Å². The maximum atomic E-state index is 13.8. The van der Waals surface area contributed by atoms with E-state index in [1.165, 1.54) is 35.7 Å². The third kappa shape index (κ3) is 4.48. The van der Waals surface area contributed by atoms with E-state index in [9.17, 15) is 14.0 Å². The minimum Gasteiger partial charge on any atom is -0.494 e. The van der Waals surface area contributed by atoms with Gasteiger partial charge in [-0.15, -0.1) is 5.10 Å². The fraction of sp³-hybridized carbons (Fsp3) is 0.316. The van der Waals surface area contributed by atoms with Gasteiger partial charge in [-0.05, 0) is 37.6 Å². The van der Waals surface area contributed by atoms with Crippen molar-refractivity contribution in [2.24, 2.45) is 0 Å². The summed E-state index contributed by atoms with van der Waals surface area (Å²) < 4.78 is 25.1. The lowest BCUT2D eigenvalue weighted by atomic mass is 10.2. The molecule has 1 amide bonds. The first-order valence-corrected chi connectivity index (χ1v) is 8.73. The second-order valence-corrected chi connectivity index (χ2v) is 6.48. The fourth-order valence-electron chi connectivity index (χ4n) is 2.73. The van der Waals surface area contributed by atoms with Gasteiger partial charge in [0.05, 0.1) is 7.11 Å². The Morgan fingerprint density at radius 2 is 1.97 bits per heavy atom. The van der Waals surface area contributed by atoms with Crippen molar-refractivity contribution < 1.29 is 23.5 Å². The highest BCUT2D eigenvalue weighted by molar-refractivity contribution is 5.88. The molecule has 3 aromatic rings. The fourth-order valence-corrected chi connectivity index (χ4v) is 2.73. The molecule has 3 rings (SSSR count). The Bertz CT molecular complexity index is 1080. The molecule has 29 heavy (non-hydrogen) atoms. The van der Waals surface area contributed by atoms with Gasteiger partial charge in [0.15, 0.2) is 18.2 Å². The molecule has 0 aliphatic heterocycles. The van der Waals surface area contributed by atoms with Crippen LogP contribution in [0.15, 0.2) is 24.3 Å². The zero-order valence-corrected chi connectivity index (χ0v) is 16.5. The molecule has 10 heteroatoms. The molecule has 0 spiro atoms. The number of carbonyl (C=O) groups excluding carboxylic acids is 2. The predicted octanol–water partition coefficient (Wildman–Crippen LogP) is 1.70. The lowest BCUT2D eigenvalue weighted by molar-refractivity contribution is -0.133. The number of rotatable bonds is 6. The maximum absolute atomic E-state index is 13.8. The van der Waals surface area contributed by atoms with Gasteiger partial charge in [0.1, 0.15) is 0 Å². The van der Waals surface area contributed by atoms with Crippen molar-refractivity contribution in [2.45, 2.75) is 20.4 Å². The van der Waals surface area contributed by atoms with Gasteiger partial charge in [0, 0.05) is 25.0 Å². The zero-order valence-electron chi connectivity index (χ0n) is 16.5. The van der Waals surface area contributed by atoms with Crippen LogP contribution in [0.5, 0.6) is 5.75 Å². The highest BCUT2D eigenvalue weighted by Crippen LogP contribution is 2.18. The van der Waals surface area contributed by atoms with E-state index >= 15 is 0 Å². The number of benzene rings is 1. The van der Waals surface area contributed by atoms with Crippen molar-refractivity contribution in [3.8, 4) is 5.75 Å². The number of halogens is 1. The van der Waals surface area contributed by atoms with Gasteiger partial charge in [-0.3, -0.25) is 4.79 Å². The van der Waals surface area contributed by atoms with Crippen molar-refractivity contribution >= 4 is 17.7 Å². The topological polar surface area (TPSA) is 98.9 Å². The molecule has 9 nitrogen and oxygen atoms in total. The van der Waals surface area contributed by atoms with Crippen molar-refractivity contribution in [1.82, 2.24) is 24.5 Å². The highest BCUT2D eigenvalue weighted by Gasteiger charge is 2.19. The number of carbonyl (C=O) groups is 2. The van der Waals surface area contributed by atoms with Crippen LogP contribution >= 0.6 is 0 Å². The van der Waals surface area contributed by atoms with E-state index in [2.05, 4.69) is 15.1 Å². The summed E-state index contributed by atoms with van der Waals surface area (Å²) in [5.74, 6) is -1.59. The molecule has 152 valence electrons. The third-order valence-corrected chi connectivity index (χ3v) is 4.19. The number of ether oxygens (including phenoxy) is 2. The Kier molecular flexibility index (Phi) is 5.71. The van der Waals surface area contributed by atoms with Crippen molar-refractivity contribution in [1.29, 1.82) is 0 Å². The second-order valence-electron chi connectivity index (χ2n) is 6.48. The standard InChI is InChI=1S/C19H20FN5O4/c1-11-7-12(2)25-19(21-11)22-17(23-25)18(27)29-10-16(26)24(3)9-13-5-6-15(28-4)14(20)8-13/h5-8H,9-10H2,1-4H3. The summed E-state index contributed by atoms with van der Waals surface area (Å²) in [6, 6.07) is 6.22. The molecule has 1 aromatic carbocycles. The largest absolute Gasteiger partial charge is 0.494 e. The van der Waals surface area contributed by atoms with Gasteiger partial charge in [0.2, 0.25) is 0 Å². The number of fused-ring (bicyclic) bond motifs is 1. The Morgan fingerprint density at radius 3 is 2.66 bits per heavy atom. The number of methoxy groups -OCH3 is 1. The van der Waals surface area contributed by atoms with Gasteiger partial charge in [-0.1, -0.05) is 6.07 Å². The minimum atomic E-state index is -0.829. The summed E-state index contributed by atoms with van der Waals surface area (Å²) in [6.07, 6.45) is 0. The third-order valence-electron chi connectivity index (χ3n) is 4.19. The van der Waals surface area contributed by atoms with E-state index in [0.29, 0.717) is 5.56 Å². The van der Waals surface area contributed by atoms with Gasteiger partial charge < -0.3 is 14.4 Å². The van der Waals surface area contributed by atoms with Crippen molar-refractivity contribution in [3.05, 3.63) is 52.9 Å². The van der Waals surface area contributed by atoms with Crippen LogP contribution in [0.2, 0.25) is 0 Å². The van der Waals surface area contributed by atoms with Crippen molar-refractivity contribution in [3.63, 3.8) is 0 Å². The molecule has 0 saturated heterocycles. The van der Waals surface area contributed by atoms with Gasteiger partial charge in [-0.25, -0.2) is 18.7 Å². The predicted molar refractivity (Wildman–Crippen MR) is 100.0 cm³/mol. The van der Waals surface area contributed by atoms with Crippen LogP contribution in [0, 0.1) is 19.7 Å². The molecular formula is C19H20FN5O4. The molecule has 0 fully saturated rings. The monoisotopic (exact) mass is 401 g/mol. The van der Waals surface area contributed by atoms with Crippen LogP contribution in [-0.2, 0) is 16.1 Å². The van der Waals surface area contributed by atoms with Crippen LogP contribution in [0.1, 0.15) is 27.6 Å². The molecule has 0 radical (unpaired) electrons. The second kappa shape index (κ2) is 8.21. The molecule has 0 aliphatic carbocycles. The molecule has 0 bridgehead atoms. The van der Waals surface area contributed by atoms with E-state index in [1.54, 1.807) is 12.1 Å². The van der Waals surface area contributed by atoms with Gasteiger partial charge in [-0.2, -0.15) is 4.98 Å². The number of hydrogen-bond donors (Lipinski definition) is 0. The molecule has 0 N–H and O–H groups in total. The average molecular weight is 401 g/mol. The maximum Gasteiger partial charge on any atom is 0.378 e. The SMILES string of the molecule is COc1ccc(CN(C)C(=O)COC(=O)c2nc3nc(C)cc(C)n3n2)cc1F. The van der Waals surface area contributed by atoms with Crippen LogP contribution in [0.3, 0.4) is 0 Å². The molecule has 0 atom stereocenters. The van der Waals surface area contributed by atoms with Crippen LogP contribution in [-0.4, -0.2) is 57.1 Å². The van der Waals surface area contributed by atoms with E-state index in [1.807, 2.05) is 13.8 Å². The van der Waals surface area contributed by atoms with E-state index in [0.717, 1.165) is 11.4 Å². The van der Waals surface area contributed by atoms with Gasteiger partial charge in [0.25, 0.3) is 17.5 Å². The van der Waals surface area contributed by atoms with Crippen LogP contribution in [0.25, 0.3) is 5.78 Å². The lowest BCUT2D eigenvalue weighted by Gasteiger charge is -2.17. The Balaban J connectivity index is 1.60. The Labute approximate surface area is 166 Å². The number of likely N-dealkylation sites (N-methyl/N-ethyl adjacent to an activating group) is 1. The van der Waals surface area contributed by atoms with E-state index < -0.39 is 24.3 Å². The number of esters is 1. The van der Waals surface area contributed by atoms with E-state index in [4.69, 9.17) is 9.47 Å². The molecule has 0 aliphatic rings. The first-order chi connectivity index (χ1) is 13.8. The smallest absolute Gasteiger partial charge is 0.378 e. The van der Waals surface area contributed by atoms with Gasteiger partial charge >= 0.3 is 5.97 Å². The molecule has 0 saturated carbocycles. The lowest BCUT2D eigenvalue weighted by Crippen LogP contribution is -2.31. The Hall–Kier alpha value is -3.56. The summed E-state index contributed by atoms with van der Waals surface area (Å²) in [5.41, 5.74) is 2.08. The molecule has 0 unspecified atom stereocenters. The zero-order chi connectivity index (χ0) is 21.1. The number of nitrogens with zero attached hydrogens (tertiary/aromatic N) is 5. The Morgan fingerprint density at radius 1 is 1.21 bits per heavy atom. The first kappa shape index (κ1) is 20.2. The normalized spacial score (nSPS) is 10.8. The number of amides is 1. The summed E-state index contributed by atoms with van der Waals surface area (Å²) in [4.78, 5) is 34.0. The number of hydrogen-bond acceptors (Lipinski definition) is 7.